The van der Waals surface area contributed by atoms with Crippen LogP contribution in [0, 0.1) is 0 Å². The third-order valence-electron chi connectivity index (χ3n) is 2.58. The first-order chi connectivity index (χ1) is 8.49. The van der Waals surface area contributed by atoms with Crippen molar-refractivity contribution in [2.24, 2.45) is 0 Å². The molecule has 0 saturated heterocycles. The van der Waals surface area contributed by atoms with E-state index in [0.717, 1.165) is 18.5 Å². The highest BCUT2D eigenvalue weighted by atomic mass is 19.4. The van der Waals surface area contributed by atoms with Crippen LogP contribution in [0.3, 0.4) is 0 Å². The molecule has 1 aliphatic rings. The highest BCUT2D eigenvalue weighted by Gasteiger charge is 2.29. The van der Waals surface area contributed by atoms with Gasteiger partial charge in [-0.3, -0.25) is 0 Å². The van der Waals surface area contributed by atoms with Gasteiger partial charge in [-0.1, -0.05) is 0 Å². The monoisotopic (exact) mass is 262 g/mol. The summed E-state index contributed by atoms with van der Waals surface area (Å²) in [4.78, 5) is 8.04. The lowest BCUT2D eigenvalue weighted by atomic mass is 10.1. The predicted octanol–water partition coefficient (Wildman–Crippen LogP) is 1.93. The molecule has 1 aromatic heterocycles. The Labute approximate surface area is 102 Å². The number of nitrogens with zero attached hydrogens (tertiary/aromatic N) is 2. The Morgan fingerprint density at radius 1 is 1.39 bits per heavy atom. The van der Waals surface area contributed by atoms with E-state index >= 15 is 0 Å². The highest BCUT2D eigenvalue weighted by Crippen LogP contribution is 2.40. The average Bonchev–Trinajstić information content (AvgIpc) is 3.11. The SMILES string of the molecule is OCc1cnc(COCC(F)(F)F)nc1C1CC1. The fraction of sp³-hybridized carbons (Fsp3) is 0.636. The zero-order valence-corrected chi connectivity index (χ0v) is 9.57. The minimum atomic E-state index is -4.34. The molecular weight excluding hydrogens is 249 g/mol. The lowest BCUT2D eigenvalue weighted by Gasteiger charge is -2.09. The van der Waals surface area contributed by atoms with Crippen LogP contribution in [0.4, 0.5) is 13.2 Å². The molecule has 18 heavy (non-hydrogen) atoms. The highest BCUT2D eigenvalue weighted by molar-refractivity contribution is 5.24. The van der Waals surface area contributed by atoms with Crippen molar-refractivity contribution in [1.82, 2.24) is 9.97 Å². The topological polar surface area (TPSA) is 55.2 Å². The molecule has 0 bridgehead atoms. The first-order valence-corrected chi connectivity index (χ1v) is 5.59. The van der Waals surface area contributed by atoms with E-state index in [4.69, 9.17) is 5.11 Å². The number of ether oxygens (including phenoxy) is 1. The van der Waals surface area contributed by atoms with E-state index < -0.39 is 12.8 Å². The summed E-state index contributed by atoms with van der Waals surface area (Å²) < 4.78 is 40.2. The summed E-state index contributed by atoms with van der Waals surface area (Å²) in [5.41, 5.74) is 1.37. The summed E-state index contributed by atoms with van der Waals surface area (Å²) in [5.74, 6) is 0.523. The van der Waals surface area contributed by atoms with Crippen molar-refractivity contribution in [3.05, 3.63) is 23.3 Å². The zero-order valence-electron chi connectivity index (χ0n) is 9.57. The van der Waals surface area contributed by atoms with Crippen molar-refractivity contribution in [3.63, 3.8) is 0 Å². The summed E-state index contributed by atoms with van der Waals surface area (Å²) in [7, 11) is 0. The van der Waals surface area contributed by atoms with Crippen molar-refractivity contribution in [3.8, 4) is 0 Å². The van der Waals surface area contributed by atoms with E-state index in [1.165, 1.54) is 6.20 Å². The van der Waals surface area contributed by atoms with Crippen LogP contribution in [0.2, 0.25) is 0 Å². The normalized spacial score (nSPS) is 16.0. The number of aromatic nitrogens is 2. The molecule has 100 valence electrons. The Kier molecular flexibility index (Phi) is 3.82. The van der Waals surface area contributed by atoms with Gasteiger partial charge in [0.05, 0.1) is 12.3 Å². The van der Waals surface area contributed by atoms with Gasteiger partial charge < -0.3 is 9.84 Å². The van der Waals surface area contributed by atoms with Crippen LogP contribution in [0.25, 0.3) is 0 Å². The number of aliphatic hydroxyl groups is 1. The fourth-order valence-corrected chi connectivity index (χ4v) is 1.62. The van der Waals surface area contributed by atoms with Crippen LogP contribution >= 0.6 is 0 Å². The van der Waals surface area contributed by atoms with Crippen LogP contribution in [0.5, 0.6) is 0 Å². The molecule has 1 aromatic rings. The van der Waals surface area contributed by atoms with Gasteiger partial charge >= 0.3 is 6.18 Å². The summed E-state index contributed by atoms with van der Waals surface area (Å²) in [5, 5.41) is 9.11. The number of rotatable bonds is 5. The molecule has 1 heterocycles. The molecule has 0 amide bonds. The Balaban J connectivity index is 1.99. The van der Waals surface area contributed by atoms with Crippen molar-refractivity contribution in [2.45, 2.75) is 38.1 Å². The molecule has 2 rings (SSSR count). The average molecular weight is 262 g/mol. The minimum absolute atomic E-state index is 0.157. The molecular formula is C11H13F3N2O2. The number of hydrogen-bond acceptors (Lipinski definition) is 4. The molecule has 1 saturated carbocycles. The van der Waals surface area contributed by atoms with Crippen LogP contribution in [0.1, 0.15) is 35.8 Å². The maximum atomic E-state index is 11.9. The Morgan fingerprint density at radius 3 is 2.67 bits per heavy atom. The van der Waals surface area contributed by atoms with Gasteiger partial charge in [0, 0.05) is 17.7 Å². The first-order valence-electron chi connectivity index (χ1n) is 5.59. The first kappa shape index (κ1) is 13.2. The van der Waals surface area contributed by atoms with E-state index in [9.17, 15) is 13.2 Å². The van der Waals surface area contributed by atoms with Crippen LogP contribution in [-0.4, -0.2) is 27.9 Å². The largest absolute Gasteiger partial charge is 0.411 e. The molecule has 0 spiro atoms. The lowest BCUT2D eigenvalue weighted by Crippen LogP contribution is -2.17. The third-order valence-corrected chi connectivity index (χ3v) is 2.58. The van der Waals surface area contributed by atoms with E-state index in [2.05, 4.69) is 14.7 Å². The molecule has 4 nitrogen and oxygen atoms in total. The smallest absolute Gasteiger partial charge is 0.392 e. The Bertz CT molecular complexity index is 419. The summed E-state index contributed by atoms with van der Waals surface area (Å²) in [6.07, 6.45) is -0.906. The van der Waals surface area contributed by atoms with Gasteiger partial charge in [-0.05, 0) is 12.8 Å². The number of alkyl halides is 3. The molecule has 1 fully saturated rings. The molecule has 1 aliphatic carbocycles. The van der Waals surface area contributed by atoms with Crippen LogP contribution in [0.15, 0.2) is 6.20 Å². The van der Waals surface area contributed by atoms with Gasteiger partial charge in [0.1, 0.15) is 13.2 Å². The summed E-state index contributed by atoms with van der Waals surface area (Å²) in [6, 6.07) is 0. The standard InChI is InChI=1S/C11H13F3N2O2/c12-11(13,14)6-18-5-9-15-3-8(4-17)10(16-9)7-1-2-7/h3,7,17H,1-2,4-6H2. The minimum Gasteiger partial charge on any atom is -0.392 e. The molecule has 0 radical (unpaired) electrons. The van der Waals surface area contributed by atoms with E-state index in [1.54, 1.807) is 0 Å². The van der Waals surface area contributed by atoms with Crippen molar-refractivity contribution in [2.75, 3.05) is 6.61 Å². The van der Waals surface area contributed by atoms with Crippen LogP contribution < -0.4 is 0 Å². The summed E-state index contributed by atoms with van der Waals surface area (Å²) in [6.45, 7) is -1.74. The Morgan fingerprint density at radius 2 is 2.11 bits per heavy atom. The molecule has 0 unspecified atom stereocenters. The molecule has 1 N–H and O–H groups in total. The van der Waals surface area contributed by atoms with Gasteiger partial charge in [0.25, 0.3) is 0 Å². The Hall–Kier alpha value is -1.21. The van der Waals surface area contributed by atoms with E-state index in [1.807, 2.05) is 0 Å². The molecule has 0 atom stereocenters. The van der Waals surface area contributed by atoms with Gasteiger partial charge in [-0.2, -0.15) is 13.2 Å². The van der Waals surface area contributed by atoms with Crippen molar-refractivity contribution in [1.29, 1.82) is 0 Å². The van der Waals surface area contributed by atoms with Gasteiger partial charge in [0.2, 0.25) is 0 Å². The summed E-state index contributed by atoms with van der Waals surface area (Å²) >= 11 is 0. The second-order valence-corrected chi connectivity index (χ2v) is 4.24. The zero-order chi connectivity index (χ0) is 13.2. The van der Waals surface area contributed by atoms with Gasteiger partial charge in [-0.25, -0.2) is 9.97 Å². The lowest BCUT2D eigenvalue weighted by molar-refractivity contribution is -0.177. The molecule has 0 aromatic carbocycles. The number of hydrogen-bond donors (Lipinski definition) is 1. The number of aliphatic hydroxyl groups excluding tert-OH is 1. The molecule has 7 heteroatoms. The maximum absolute atomic E-state index is 11.9. The second kappa shape index (κ2) is 5.19. The van der Waals surface area contributed by atoms with E-state index in [-0.39, 0.29) is 19.0 Å². The van der Waals surface area contributed by atoms with Crippen LogP contribution in [-0.2, 0) is 18.0 Å². The number of halogens is 3. The van der Waals surface area contributed by atoms with Crippen molar-refractivity contribution >= 4 is 0 Å². The van der Waals surface area contributed by atoms with Gasteiger partial charge in [0.15, 0.2) is 5.82 Å². The van der Waals surface area contributed by atoms with Crippen molar-refractivity contribution < 1.29 is 23.0 Å². The predicted molar refractivity (Wildman–Crippen MR) is 55.6 cm³/mol. The quantitative estimate of drug-likeness (QED) is 0.880. The maximum Gasteiger partial charge on any atom is 0.411 e. The molecule has 0 aliphatic heterocycles. The van der Waals surface area contributed by atoms with E-state index in [0.29, 0.717) is 11.5 Å². The third kappa shape index (κ3) is 3.64. The second-order valence-electron chi connectivity index (χ2n) is 4.24. The van der Waals surface area contributed by atoms with Gasteiger partial charge in [-0.15, -0.1) is 0 Å². The fourth-order valence-electron chi connectivity index (χ4n) is 1.62.